The van der Waals surface area contributed by atoms with Gasteiger partial charge in [0.25, 0.3) is 0 Å². The molecule has 5 nitrogen and oxygen atoms in total. The van der Waals surface area contributed by atoms with Crippen LogP contribution in [-0.2, 0) is 14.3 Å². The summed E-state index contributed by atoms with van der Waals surface area (Å²) in [4.78, 5) is 23.7. The number of allylic oxidation sites excluding steroid dienone is 5. The Kier molecular flexibility index (Phi) is 10.5. The normalized spacial score (nSPS) is 19.6. The third kappa shape index (κ3) is 9.53. The van der Waals surface area contributed by atoms with Crippen LogP contribution in [0.4, 0.5) is 0 Å². The van der Waals surface area contributed by atoms with Crippen molar-refractivity contribution in [2.75, 3.05) is 6.61 Å². The van der Waals surface area contributed by atoms with E-state index in [9.17, 15) is 14.7 Å². The number of ketones is 1. The number of aliphatic hydroxyl groups is 1. The highest BCUT2D eigenvalue weighted by atomic mass is 35.5. The van der Waals surface area contributed by atoms with Crippen LogP contribution in [0.2, 0.25) is 5.02 Å². The van der Waals surface area contributed by atoms with E-state index in [1.807, 2.05) is 32.1 Å². The number of rotatable bonds is 12. The molecule has 31 heavy (non-hydrogen) atoms. The first-order chi connectivity index (χ1) is 14.8. The van der Waals surface area contributed by atoms with Crippen molar-refractivity contribution in [3.05, 3.63) is 65.7 Å². The maximum atomic E-state index is 12.2. The summed E-state index contributed by atoms with van der Waals surface area (Å²) in [5.74, 6) is 0.224. The van der Waals surface area contributed by atoms with Gasteiger partial charge in [0.2, 0.25) is 0 Å². The number of ether oxygens (including phenoxy) is 2. The average molecular weight is 447 g/mol. The molecular weight excluding hydrogens is 416 g/mol. The maximum absolute atomic E-state index is 12.2. The van der Waals surface area contributed by atoms with E-state index in [0.717, 1.165) is 19.3 Å². The Bertz CT molecular complexity index is 812. The van der Waals surface area contributed by atoms with Crippen LogP contribution in [0.3, 0.4) is 0 Å². The zero-order valence-corrected chi connectivity index (χ0v) is 18.8. The van der Waals surface area contributed by atoms with Gasteiger partial charge in [0, 0.05) is 17.4 Å². The molecule has 0 fully saturated rings. The summed E-state index contributed by atoms with van der Waals surface area (Å²) in [6, 6.07) is 6.97. The van der Waals surface area contributed by atoms with E-state index >= 15 is 0 Å². The first kappa shape index (κ1) is 24.9. The largest absolute Gasteiger partial charge is 0.491 e. The molecule has 0 aromatic heterocycles. The minimum Gasteiger partial charge on any atom is -0.491 e. The molecule has 0 saturated carbocycles. The Balaban J connectivity index is 1.73. The molecule has 168 valence electrons. The van der Waals surface area contributed by atoms with Gasteiger partial charge in [-0.3, -0.25) is 9.59 Å². The van der Waals surface area contributed by atoms with Gasteiger partial charge in [-0.2, -0.15) is 0 Å². The molecular formula is C25H31ClO5. The molecule has 1 aliphatic rings. The molecule has 2 rings (SSSR count). The third-order valence-electron chi connectivity index (χ3n) is 4.75. The van der Waals surface area contributed by atoms with Crippen molar-refractivity contribution in [3.8, 4) is 5.75 Å². The lowest BCUT2D eigenvalue weighted by Crippen LogP contribution is -2.17. The topological polar surface area (TPSA) is 72.8 Å². The summed E-state index contributed by atoms with van der Waals surface area (Å²) in [6.45, 7) is 3.75. The molecule has 0 radical (unpaired) electrons. The average Bonchev–Trinajstić information content (AvgIpc) is 3.06. The second-order valence-corrected chi connectivity index (χ2v) is 8.25. The monoisotopic (exact) mass is 446 g/mol. The zero-order chi connectivity index (χ0) is 22.6. The summed E-state index contributed by atoms with van der Waals surface area (Å²) in [5, 5.41) is 10.7. The molecule has 0 heterocycles. The van der Waals surface area contributed by atoms with E-state index in [1.165, 1.54) is 0 Å². The number of carbonyl (C=O) groups excluding carboxylic acids is 2. The van der Waals surface area contributed by atoms with Crippen molar-refractivity contribution in [3.63, 3.8) is 0 Å². The SMILES string of the molecule is CC(C)OC(=O)CCC/C=C\CC1C=CC(=O)[C@@H]1/C=C/[C@@H](O)COc1cccc(Cl)c1. The quantitative estimate of drug-likeness (QED) is 0.275. The van der Waals surface area contributed by atoms with Gasteiger partial charge in [0.05, 0.1) is 6.10 Å². The number of unbranched alkanes of at least 4 members (excludes halogenated alkanes) is 1. The van der Waals surface area contributed by atoms with Gasteiger partial charge in [-0.1, -0.05) is 48.0 Å². The van der Waals surface area contributed by atoms with Crippen molar-refractivity contribution >= 4 is 23.4 Å². The number of hydrogen-bond donors (Lipinski definition) is 1. The number of aliphatic hydroxyl groups excluding tert-OH is 1. The maximum Gasteiger partial charge on any atom is 0.306 e. The highest BCUT2D eigenvalue weighted by molar-refractivity contribution is 6.30. The Morgan fingerprint density at radius 1 is 1.29 bits per heavy atom. The van der Waals surface area contributed by atoms with Gasteiger partial charge in [0.15, 0.2) is 5.78 Å². The first-order valence-electron chi connectivity index (χ1n) is 10.7. The number of hydrogen-bond acceptors (Lipinski definition) is 5. The molecule has 1 aromatic rings. The fraction of sp³-hybridized carbons (Fsp3) is 0.440. The molecule has 6 heteroatoms. The highest BCUT2D eigenvalue weighted by Gasteiger charge is 2.26. The Morgan fingerprint density at radius 2 is 2.10 bits per heavy atom. The fourth-order valence-corrected chi connectivity index (χ4v) is 3.40. The molecule has 0 bridgehead atoms. The molecule has 0 spiro atoms. The van der Waals surface area contributed by atoms with Crippen LogP contribution >= 0.6 is 11.6 Å². The van der Waals surface area contributed by atoms with E-state index < -0.39 is 6.10 Å². The Hall–Kier alpha value is -2.37. The summed E-state index contributed by atoms with van der Waals surface area (Å²) in [5.41, 5.74) is 0. The summed E-state index contributed by atoms with van der Waals surface area (Å²) in [6.07, 6.45) is 12.7. The molecule has 0 amide bonds. The van der Waals surface area contributed by atoms with E-state index in [2.05, 4.69) is 0 Å². The summed E-state index contributed by atoms with van der Waals surface area (Å²) < 4.78 is 10.6. The molecule has 3 atom stereocenters. The van der Waals surface area contributed by atoms with Crippen molar-refractivity contribution in [1.29, 1.82) is 0 Å². The third-order valence-corrected chi connectivity index (χ3v) is 4.98. The van der Waals surface area contributed by atoms with Gasteiger partial charge in [-0.05, 0) is 63.3 Å². The van der Waals surface area contributed by atoms with E-state index in [-0.39, 0.29) is 36.3 Å². The van der Waals surface area contributed by atoms with Crippen LogP contribution in [-0.4, -0.2) is 35.7 Å². The highest BCUT2D eigenvalue weighted by Crippen LogP contribution is 2.27. The van der Waals surface area contributed by atoms with Crippen LogP contribution in [0, 0.1) is 11.8 Å². The number of halogens is 1. The van der Waals surface area contributed by atoms with Crippen LogP contribution < -0.4 is 4.74 Å². The van der Waals surface area contributed by atoms with E-state index in [0.29, 0.717) is 17.2 Å². The Morgan fingerprint density at radius 3 is 2.84 bits per heavy atom. The summed E-state index contributed by atoms with van der Waals surface area (Å²) in [7, 11) is 0. The lowest BCUT2D eigenvalue weighted by atomic mass is 9.91. The van der Waals surface area contributed by atoms with E-state index in [1.54, 1.807) is 42.5 Å². The van der Waals surface area contributed by atoms with Gasteiger partial charge >= 0.3 is 5.97 Å². The van der Waals surface area contributed by atoms with Gasteiger partial charge in [-0.15, -0.1) is 0 Å². The minimum absolute atomic E-state index is 0.0361. The standard InChI is InChI=1S/C25H31ClO5/c1-18(2)31-25(29)11-6-4-3-5-8-19-12-15-24(28)23(19)14-13-21(27)17-30-22-10-7-9-20(26)16-22/h3,5,7,9-10,12-16,18-19,21,23,27H,4,6,8,11,17H2,1-2H3/b5-3-,14-13+/t19?,21-,23-/m1/s1. The lowest BCUT2D eigenvalue weighted by Gasteiger charge is -2.14. The van der Waals surface area contributed by atoms with E-state index in [4.69, 9.17) is 21.1 Å². The van der Waals surface area contributed by atoms with Gasteiger partial charge in [-0.25, -0.2) is 0 Å². The predicted molar refractivity (Wildman–Crippen MR) is 122 cm³/mol. The first-order valence-corrected chi connectivity index (χ1v) is 11.0. The smallest absolute Gasteiger partial charge is 0.306 e. The van der Waals surface area contributed by atoms with Crippen LogP contribution in [0.25, 0.3) is 0 Å². The molecule has 1 aromatic carbocycles. The van der Waals surface area contributed by atoms with Crippen molar-refractivity contribution in [2.24, 2.45) is 11.8 Å². The minimum atomic E-state index is -0.825. The number of esters is 1. The van der Waals surface area contributed by atoms with Crippen molar-refractivity contribution in [2.45, 2.75) is 51.7 Å². The second kappa shape index (κ2) is 13.1. The van der Waals surface area contributed by atoms with Crippen LogP contribution in [0.5, 0.6) is 5.75 Å². The molecule has 1 N–H and O–H groups in total. The van der Waals surface area contributed by atoms with Crippen molar-refractivity contribution < 1.29 is 24.2 Å². The van der Waals surface area contributed by atoms with Gasteiger partial charge < -0.3 is 14.6 Å². The lowest BCUT2D eigenvalue weighted by molar-refractivity contribution is -0.147. The second-order valence-electron chi connectivity index (χ2n) is 7.81. The van der Waals surface area contributed by atoms with Gasteiger partial charge in [0.1, 0.15) is 18.5 Å². The van der Waals surface area contributed by atoms with Crippen LogP contribution in [0.15, 0.2) is 60.7 Å². The number of benzene rings is 1. The Labute approximate surface area is 189 Å². The summed E-state index contributed by atoms with van der Waals surface area (Å²) >= 11 is 5.91. The predicted octanol–water partition coefficient (Wildman–Crippen LogP) is 5.08. The molecule has 1 unspecified atom stereocenters. The number of carbonyl (C=O) groups is 2. The van der Waals surface area contributed by atoms with Crippen LogP contribution in [0.1, 0.15) is 39.5 Å². The zero-order valence-electron chi connectivity index (χ0n) is 18.1. The molecule has 0 aliphatic heterocycles. The van der Waals surface area contributed by atoms with Crippen molar-refractivity contribution in [1.82, 2.24) is 0 Å². The molecule has 1 aliphatic carbocycles. The molecule has 0 saturated heterocycles. The fourth-order valence-electron chi connectivity index (χ4n) is 3.22.